The van der Waals surface area contributed by atoms with Crippen LogP contribution in [-0.4, -0.2) is 37.2 Å². The Balaban J connectivity index is 1.80. The third kappa shape index (κ3) is 3.77. The molecule has 0 saturated carbocycles. The molecular weight excluding hydrogens is 231 g/mol. The second kappa shape index (κ2) is 6.27. The fourth-order valence-electron chi connectivity index (χ4n) is 2.45. The molecule has 2 N–H and O–H groups in total. The molecule has 0 bridgehead atoms. The Kier molecular flexibility index (Phi) is 4.69. The highest BCUT2D eigenvalue weighted by Gasteiger charge is 2.24. The molecule has 1 heterocycles. The Labute approximate surface area is 108 Å². The predicted molar refractivity (Wildman–Crippen MR) is 69.7 cm³/mol. The van der Waals surface area contributed by atoms with Crippen LogP contribution in [0.3, 0.4) is 0 Å². The van der Waals surface area contributed by atoms with Gasteiger partial charge in [0.25, 0.3) is 0 Å². The van der Waals surface area contributed by atoms with Crippen LogP contribution in [0.15, 0.2) is 24.3 Å². The number of likely N-dealkylation sites (N-methyl/N-ethyl adjacent to an activating group) is 1. The molecule has 1 fully saturated rings. The van der Waals surface area contributed by atoms with Gasteiger partial charge in [0.05, 0.1) is 12.2 Å². The van der Waals surface area contributed by atoms with Crippen LogP contribution in [0.5, 0.6) is 0 Å². The summed E-state index contributed by atoms with van der Waals surface area (Å²) in [5.41, 5.74) is 6.58. The van der Waals surface area contributed by atoms with Gasteiger partial charge in [0.1, 0.15) is 5.82 Å². The van der Waals surface area contributed by atoms with Crippen molar-refractivity contribution in [1.82, 2.24) is 4.90 Å². The minimum Gasteiger partial charge on any atom is -0.372 e. The minimum atomic E-state index is -0.179. The van der Waals surface area contributed by atoms with E-state index in [2.05, 4.69) is 4.90 Å². The number of hydrogen-bond donors (Lipinski definition) is 1. The zero-order chi connectivity index (χ0) is 13.0. The van der Waals surface area contributed by atoms with Crippen molar-refractivity contribution in [2.24, 2.45) is 5.73 Å². The van der Waals surface area contributed by atoms with E-state index in [-0.39, 0.29) is 18.0 Å². The van der Waals surface area contributed by atoms with Gasteiger partial charge in [0, 0.05) is 19.6 Å². The average molecular weight is 252 g/mol. The van der Waals surface area contributed by atoms with Gasteiger partial charge in [-0.15, -0.1) is 0 Å². The van der Waals surface area contributed by atoms with Gasteiger partial charge in [-0.3, -0.25) is 4.90 Å². The topological polar surface area (TPSA) is 38.5 Å². The largest absolute Gasteiger partial charge is 0.372 e. The maximum absolute atomic E-state index is 13.1. The normalized spacial score (nSPS) is 23.8. The number of ether oxygens (including phenoxy) is 1. The fraction of sp³-hybridized carbons (Fsp3) is 0.571. The summed E-state index contributed by atoms with van der Waals surface area (Å²) in [5.74, 6) is -0.179. The summed E-state index contributed by atoms with van der Waals surface area (Å²) in [6.07, 6.45) is 2.60. The standard InChI is InChI=1S/C14H21FN2O/c1-17(9-11-3-2-4-12(15)7-11)10-14-6-5-13(8-16)18-14/h2-4,7,13-14H,5-6,8-10,16H2,1H3. The lowest BCUT2D eigenvalue weighted by molar-refractivity contribution is 0.0306. The molecule has 3 nitrogen and oxygen atoms in total. The summed E-state index contributed by atoms with van der Waals surface area (Å²) in [4.78, 5) is 2.17. The highest BCUT2D eigenvalue weighted by molar-refractivity contribution is 5.16. The quantitative estimate of drug-likeness (QED) is 0.868. The highest BCUT2D eigenvalue weighted by atomic mass is 19.1. The van der Waals surface area contributed by atoms with E-state index in [1.54, 1.807) is 12.1 Å². The SMILES string of the molecule is CN(Cc1cccc(F)c1)CC1CCC(CN)O1. The molecule has 0 amide bonds. The zero-order valence-electron chi connectivity index (χ0n) is 10.8. The Morgan fingerprint density at radius 2 is 2.17 bits per heavy atom. The molecule has 2 atom stereocenters. The van der Waals surface area contributed by atoms with Gasteiger partial charge in [-0.2, -0.15) is 0 Å². The molecule has 4 heteroatoms. The smallest absolute Gasteiger partial charge is 0.123 e. The molecule has 2 unspecified atom stereocenters. The molecule has 1 saturated heterocycles. The summed E-state index contributed by atoms with van der Waals surface area (Å²) >= 11 is 0. The number of nitrogens with zero attached hydrogens (tertiary/aromatic N) is 1. The second-order valence-corrected chi connectivity index (χ2v) is 5.02. The third-order valence-electron chi connectivity index (χ3n) is 3.32. The van der Waals surface area contributed by atoms with Crippen LogP contribution in [0.2, 0.25) is 0 Å². The maximum Gasteiger partial charge on any atom is 0.123 e. The second-order valence-electron chi connectivity index (χ2n) is 5.02. The van der Waals surface area contributed by atoms with E-state index in [9.17, 15) is 4.39 Å². The van der Waals surface area contributed by atoms with Crippen LogP contribution >= 0.6 is 0 Å². The van der Waals surface area contributed by atoms with Crippen molar-refractivity contribution in [3.63, 3.8) is 0 Å². The van der Waals surface area contributed by atoms with Crippen LogP contribution in [0.4, 0.5) is 4.39 Å². The molecule has 1 aliphatic heterocycles. The lowest BCUT2D eigenvalue weighted by atomic mass is 10.1. The van der Waals surface area contributed by atoms with E-state index in [1.165, 1.54) is 6.07 Å². The van der Waals surface area contributed by atoms with Crippen LogP contribution in [0, 0.1) is 5.82 Å². The van der Waals surface area contributed by atoms with Gasteiger partial charge in [-0.05, 0) is 37.6 Å². The molecule has 1 aromatic rings. The lowest BCUT2D eigenvalue weighted by Gasteiger charge is -2.21. The number of halogens is 1. The van der Waals surface area contributed by atoms with Gasteiger partial charge in [-0.25, -0.2) is 4.39 Å². The molecule has 1 aliphatic rings. The Bertz CT molecular complexity index is 386. The third-order valence-corrected chi connectivity index (χ3v) is 3.32. The lowest BCUT2D eigenvalue weighted by Crippen LogP contribution is -2.30. The predicted octanol–water partition coefficient (Wildman–Crippen LogP) is 1.76. The van der Waals surface area contributed by atoms with Gasteiger partial charge < -0.3 is 10.5 Å². The molecule has 0 spiro atoms. The first-order chi connectivity index (χ1) is 8.67. The summed E-state index contributed by atoms with van der Waals surface area (Å²) in [5, 5.41) is 0. The summed E-state index contributed by atoms with van der Waals surface area (Å²) in [7, 11) is 2.03. The number of hydrogen-bond acceptors (Lipinski definition) is 3. The van der Waals surface area contributed by atoms with Gasteiger partial charge in [0.2, 0.25) is 0 Å². The number of benzene rings is 1. The molecule has 2 rings (SSSR count). The van der Waals surface area contributed by atoms with Crippen LogP contribution in [0.25, 0.3) is 0 Å². The molecule has 0 aromatic heterocycles. The summed E-state index contributed by atoms with van der Waals surface area (Å²) in [6, 6.07) is 6.73. The van der Waals surface area contributed by atoms with Crippen molar-refractivity contribution in [2.45, 2.75) is 31.6 Å². The molecule has 18 heavy (non-hydrogen) atoms. The minimum absolute atomic E-state index is 0.179. The van der Waals surface area contributed by atoms with Gasteiger partial charge in [0.15, 0.2) is 0 Å². The van der Waals surface area contributed by atoms with Crippen molar-refractivity contribution in [1.29, 1.82) is 0 Å². The average Bonchev–Trinajstić information content (AvgIpc) is 2.76. The fourth-order valence-corrected chi connectivity index (χ4v) is 2.45. The Morgan fingerprint density at radius 3 is 2.83 bits per heavy atom. The van der Waals surface area contributed by atoms with Crippen molar-refractivity contribution in [3.05, 3.63) is 35.6 Å². The van der Waals surface area contributed by atoms with Crippen LogP contribution in [0.1, 0.15) is 18.4 Å². The molecule has 0 radical (unpaired) electrons. The Hall–Kier alpha value is -0.970. The van der Waals surface area contributed by atoms with Crippen molar-refractivity contribution in [2.75, 3.05) is 20.1 Å². The Morgan fingerprint density at radius 1 is 1.39 bits per heavy atom. The number of rotatable bonds is 5. The zero-order valence-corrected chi connectivity index (χ0v) is 10.8. The molecule has 0 aliphatic carbocycles. The van der Waals surface area contributed by atoms with Crippen molar-refractivity contribution >= 4 is 0 Å². The number of nitrogens with two attached hydrogens (primary N) is 1. The van der Waals surface area contributed by atoms with E-state index < -0.39 is 0 Å². The molecular formula is C14H21FN2O. The summed E-state index contributed by atoms with van der Waals surface area (Å²) in [6.45, 7) is 2.21. The molecule has 100 valence electrons. The van der Waals surface area contributed by atoms with E-state index >= 15 is 0 Å². The van der Waals surface area contributed by atoms with Gasteiger partial charge in [-0.1, -0.05) is 12.1 Å². The van der Waals surface area contributed by atoms with E-state index in [0.29, 0.717) is 6.54 Å². The van der Waals surface area contributed by atoms with Crippen LogP contribution in [-0.2, 0) is 11.3 Å². The van der Waals surface area contributed by atoms with Gasteiger partial charge >= 0.3 is 0 Å². The van der Waals surface area contributed by atoms with Crippen molar-refractivity contribution in [3.8, 4) is 0 Å². The monoisotopic (exact) mass is 252 g/mol. The van der Waals surface area contributed by atoms with E-state index in [1.807, 2.05) is 13.1 Å². The van der Waals surface area contributed by atoms with E-state index in [0.717, 1.165) is 31.5 Å². The molecule has 1 aromatic carbocycles. The maximum atomic E-state index is 13.1. The first kappa shape index (κ1) is 13.5. The first-order valence-electron chi connectivity index (χ1n) is 6.46. The van der Waals surface area contributed by atoms with Crippen LogP contribution < -0.4 is 5.73 Å². The van der Waals surface area contributed by atoms with E-state index in [4.69, 9.17) is 10.5 Å². The van der Waals surface area contributed by atoms with Crippen molar-refractivity contribution < 1.29 is 9.13 Å². The highest BCUT2D eigenvalue weighted by Crippen LogP contribution is 2.20. The first-order valence-corrected chi connectivity index (χ1v) is 6.46. The summed E-state index contributed by atoms with van der Waals surface area (Å²) < 4.78 is 18.9.